The van der Waals surface area contributed by atoms with Crippen molar-refractivity contribution in [1.82, 2.24) is 4.90 Å². The minimum Gasteiger partial charge on any atom is -0.494 e. The van der Waals surface area contributed by atoms with E-state index in [4.69, 9.17) is 4.74 Å². The van der Waals surface area contributed by atoms with Crippen LogP contribution in [0.4, 0.5) is 0 Å². The van der Waals surface area contributed by atoms with Crippen LogP contribution >= 0.6 is 0 Å². The van der Waals surface area contributed by atoms with Crippen LogP contribution in [0.5, 0.6) is 5.75 Å². The molecule has 3 atom stereocenters. The Morgan fingerprint density at radius 3 is 3.04 bits per heavy atom. The summed E-state index contributed by atoms with van der Waals surface area (Å²) >= 11 is 0. The van der Waals surface area contributed by atoms with Crippen LogP contribution in [0, 0.1) is 5.92 Å². The van der Waals surface area contributed by atoms with Crippen molar-refractivity contribution >= 4 is 0 Å². The second kappa shape index (κ2) is 6.12. The average molecular weight is 313 g/mol. The Balaban J connectivity index is 1.70. The molecular formula is C21H31NO. The summed E-state index contributed by atoms with van der Waals surface area (Å²) in [5.41, 5.74) is 3.70. The number of likely N-dealkylation sites (tertiary alicyclic amines) is 1. The summed E-state index contributed by atoms with van der Waals surface area (Å²) in [5.74, 6) is 1.97. The van der Waals surface area contributed by atoms with Crippen LogP contribution < -0.4 is 4.74 Å². The summed E-state index contributed by atoms with van der Waals surface area (Å²) in [5, 5.41) is 0. The molecule has 0 radical (unpaired) electrons. The maximum atomic E-state index is 6.04. The van der Waals surface area contributed by atoms with Gasteiger partial charge in [-0.1, -0.05) is 32.3 Å². The molecule has 0 spiro atoms. The first kappa shape index (κ1) is 15.5. The molecule has 1 aromatic carbocycles. The molecule has 0 amide bonds. The molecule has 3 aliphatic rings. The molecule has 1 saturated heterocycles. The molecule has 0 aromatic heterocycles. The summed E-state index contributed by atoms with van der Waals surface area (Å²) < 4.78 is 6.04. The number of nitrogens with zero attached hydrogens (tertiary/aromatic N) is 1. The van der Waals surface area contributed by atoms with Crippen LogP contribution in [0.1, 0.15) is 63.0 Å². The van der Waals surface area contributed by atoms with Crippen molar-refractivity contribution in [2.24, 2.45) is 5.92 Å². The number of likely N-dealkylation sites (N-methyl/N-ethyl adjacent to an activating group) is 1. The topological polar surface area (TPSA) is 12.5 Å². The van der Waals surface area contributed by atoms with Crippen molar-refractivity contribution in [3.05, 3.63) is 29.3 Å². The van der Waals surface area contributed by atoms with Crippen molar-refractivity contribution in [2.45, 2.75) is 69.7 Å². The first-order chi connectivity index (χ1) is 11.2. The van der Waals surface area contributed by atoms with Crippen LogP contribution in [0.3, 0.4) is 0 Å². The smallest absolute Gasteiger partial charge is 0.119 e. The molecule has 2 fully saturated rings. The van der Waals surface area contributed by atoms with Crippen LogP contribution in [0.25, 0.3) is 0 Å². The molecule has 0 N–H and O–H groups in total. The number of hydrogen-bond donors (Lipinski definition) is 0. The first-order valence-corrected chi connectivity index (χ1v) is 9.71. The lowest BCUT2D eigenvalue weighted by Crippen LogP contribution is -2.59. The minimum atomic E-state index is 0.452. The first-order valence-electron chi connectivity index (χ1n) is 9.71. The summed E-state index contributed by atoms with van der Waals surface area (Å²) in [4.78, 5) is 2.64. The standard InChI is InChI=1S/C21H31NO/c1-3-4-13-23-17-9-8-16-14-20-18-7-5-6-10-21(18,19(16)15-17)11-12-22(20)2/h8-9,15,18,20H,3-7,10-14H2,1-2H3/t18-,20+,21+/m1/s1. The Kier molecular flexibility index (Phi) is 4.13. The molecule has 1 aromatic rings. The Hall–Kier alpha value is -1.02. The van der Waals surface area contributed by atoms with Gasteiger partial charge in [0.25, 0.3) is 0 Å². The Morgan fingerprint density at radius 1 is 1.26 bits per heavy atom. The highest BCUT2D eigenvalue weighted by Gasteiger charge is 2.53. The van der Waals surface area contributed by atoms with Gasteiger partial charge in [0.2, 0.25) is 0 Å². The lowest BCUT2D eigenvalue weighted by molar-refractivity contribution is 0.00270. The number of hydrogen-bond acceptors (Lipinski definition) is 2. The molecule has 1 aliphatic heterocycles. The quantitative estimate of drug-likeness (QED) is 0.756. The molecule has 2 nitrogen and oxygen atoms in total. The van der Waals surface area contributed by atoms with E-state index in [-0.39, 0.29) is 0 Å². The van der Waals surface area contributed by atoms with Crippen molar-refractivity contribution in [3.8, 4) is 5.75 Å². The molecule has 2 bridgehead atoms. The normalized spacial score (nSPS) is 33.0. The summed E-state index contributed by atoms with van der Waals surface area (Å²) in [6.07, 6.45) is 10.6. The van der Waals surface area contributed by atoms with Crippen LogP contribution in [0.15, 0.2) is 18.2 Å². The van der Waals surface area contributed by atoms with E-state index >= 15 is 0 Å². The third kappa shape index (κ3) is 2.50. The van der Waals surface area contributed by atoms with Gasteiger partial charge in [0.1, 0.15) is 5.75 Å². The second-order valence-electron chi connectivity index (χ2n) is 8.03. The maximum absolute atomic E-state index is 6.04. The zero-order chi connectivity index (χ0) is 15.9. The van der Waals surface area contributed by atoms with Gasteiger partial charge in [0, 0.05) is 11.5 Å². The predicted molar refractivity (Wildman–Crippen MR) is 95.2 cm³/mol. The van der Waals surface area contributed by atoms with Gasteiger partial charge in [-0.2, -0.15) is 0 Å². The number of benzene rings is 1. The fourth-order valence-corrected chi connectivity index (χ4v) is 5.60. The van der Waals surface area contributed by atoms with E-state index in [1.165, 1.54) is 51.5 Å². The molecule has 2 heteroatoms. The SMILES string of the molecule is CCCCOc1ccc2c(c1)[C@]13CCCC[C@@H]1[C@H](C2)N(C)CC3. The number of ether oxygens (including phenoxy) is 1. The van der Waals surface area contributed by atoms with Gasteiger partial charge in [0.05, 0.1) is 6.61 Å². The van der Waals surface area contributed by atoms with Crippen LogP contribution in [-0.4, -0.2) is 31.1 Å². The van der Waals surface area contributed by atoms with Gasteiger partial charge in [-0.05, 0) is 74.9 Å². The van der Waals surface area contributed by atoms with E-state index in [1.807, 2.05) is 0 Å². The molecule has 0 unspecified atom stereocenters. The van der Waals surface area contributed by atoms with E-state index in [1.54, 1.807) is 11.1 Å². The minimum absolute atomic E-state index is 0.452. The lowest BCUT2D eigenvalue weighted by atomic mass is 9.52. The van der Waals surface area contributed by atoms with Gasteiger partial charge in [0.15, 0.2) is 0 Å². The zero-order valence-corrected chi connectivity index (χ0v) is 14.8. The van der Waals surface area contributed by atoms with Crippen LogP contribution in [-0.2, 0) is 11.8 Å². The van der Waals surface area contributed by atoms with E-state index in [0.717, 1.165) is 30.7 Å². The third-order valence-corrected chi connectivity index (χ3v) is 6.85. The van der Waals surface area contributed by atoms with Gasteiger partial charge in [-0.15, -0.1) is 0 Å². The Morgan fingerprint density at radius 2 is 2.17 bits per heavy atom. The zero-order valence-electron chi connectivity index (χ0n) is 14.8. The fraction of sp³-hybridized carbons (Fsp3) is 0.714. The summed E-state index contributed by atoms with van der Waals surface area (Å²) in [6, 6.07) is 7.77. The number of rotatable bonds is 4. The predicted octanol–water partition coefficient (Wildman–Crippen LogP) is 4.55. The number of unbranched alkanes of at least 4 members (excludes halogenated alkanes) is 1. The van der Waals surface area contributed by atoms with Gasteiger partial charge in [-0.3, -0.25) is 0 Å². The molecular weight excluding hydrogens is 282 g/mol. The monoisotopic (exact) mass is 313 g/mol. The van der Waals surface area contributed by atoms with Crippen LogP contribution in [0.2, 0.25) is 0 Å². The van der Waals surface area contributed by atoms with Crippen molar-refractivity contribution in [3.63, 3.8) is 0 Å². The van der Waals surface area contributed by atoms with Gasteiger partial charge in [-0.25, -0.2) is 0 Å². The van der Waals surface area contributed by atoms with Crippen molar-refractivity contribution in [2.75, 3.05) is 20.2 Å². The molecule has 1 saturated carbocycles. The second-order valence-corrected chi connectivity index (χ2v) is 8.03. The van der Waals surface area contributed by atoms with Gasteiger partial charge >= 0.3 is 0 Å². The molecule has 23 heavy (non-hydrogen) atoms. The van der Waals surface area contributed by atoms with Crippen molar-refractivity contribution in [1.29, 1.82) is 0 Å². The highest BCUT2D eigenvalue weighted by Crippen LogP contribution is 2.55. The van der Waals surface area contributed by atoms with Gasteiger partial charge < -0.3 is 9.64 Å². The molecule has 1 heterocycles. The molecule has 126 valence electrons. The largest absolute Gasteiger partial charge is 0.494 e. The highest BCUT2D eigenvalue weighted by molar-refractivity contribution is 5.45. The lowest BCUT2D eigenvalue weighted by Gasteiger charge is -2.58. The van der Waals surface area contributed by atoms with E-state index in [2.05, 4.69) is 37.1 Å². The highest BCUT2D eigenvalue weighted by atomic mass is 16.5. The number of fused-ring (bicyclic) bond motifs is 1. The average Bonchev–Trinajstić information content (AvgIpc) is 2.59. The number of piperidine rings is 1. The van der Waals surface area contributed by atoms with E-state index in [0.29, 0.717) is 5.41 Å². The fourth-order valence-electron chi connectivity index (χ4n) is 5.60. The van der Waals surface area contributed by atoms with E-state index in [9.17, 15) is 0 Å². The maximum Gasteiger partial charge on any atom is 0.119 e. The molecule has 2 aliphatic carbocycles. The van der Waals surface area contributed by atoms with E-state index < -0.39 is 0 Å². The Labute approximate surface area is 141 Å². The summed E-state index contributed by atoms with van der Waals surface area (Å²) in [6.45, 7) is 4.35. The third-order valence-electron chi connectivity index (χ3n) is 6.85. The van der Waals surface area contributed by atoms with Crippen molar-refractivity contribution < 1.29 is 4.74 Å². The molecule has 4 rings (SSSR count). The Bertz CT molecular complexity index is 569. The summed E-state index contributed by atoms with van der Waals surface area (Å²) in [7, 11) is 2.34.